The monoisotopic (exact) mass is 429 g/mol. The molecule has 0 aromatic carbocycles. The molecule has 3 aromatic rings. The third kappa shape index (κ3) is 3.25. The SMILES string of the molecule is CCN1Cc2nn(C)cc2-c2cc3c(nn2)CC=C3c2cn(nc2C2CC2)CCCC1=O. The molecule has 1 amide bonds. The van der Waals surface area contributed by atoms with Crippen molar-refractivity contribution in [3.05, 3.63) is 52.7 Å². The van der Waals surface area contributed by atoms with Crippen molar-refractivity contribution in [2.24, 2.45) is 7.05 Å². The average molecular weight is 430 g/mol. The maximum atomic E-state index is 13.0. The molecule has 2 aliphatic carbocycles. The molecular weight excluding hydrogens is 402 g/mol. The molecule has 1 saturated carbocycles. The van der Waals surface area contributed by atoms with Gasteiger partial charge < -0.3 is 4.90 Å². The molecule has 8 heteroatoms. The van der Waals surface area contributed by atoms with Gasteiger partial charge in [-0.15, -0.1) is 0 Å². The molecular formula is C24H27N7O. The fourth-order valence-corrected chi connectivity index (χ4v) is 4.89. The zero-order valence-corrected chi connectivity index (χ0v) is 18.6. The average Bonchev–Trinajstić information content (AvgIpc) is 3.24. The Morgan fingerprint density at radius 2 is 1.94 bits per heavy atom. The van der Waals surface area contributed by atoms with Gasteiger partial charge in [0.1, 0.15) is 0 Å². The summed E-state index contributed by atoms with van der Waals surface area (Å²) < 4.78 is 3.84. The Labute approximate surface area is 186 Å². The second kappa shape index (κ2) is 7.39. The minimum atomic E-state index is 0.151. The number of hydrogen-bond acceptors (Lipinski definition) is 5. The Hall–Kier alpha value is -3.29. The van der Waals surface area contributed by atoms with Crippen LogP contribution in [0.4, 0.5) is 0 Å². The molecule has 6 rings (SSSR count). The molecule has 0 saturated heterocycles. The molecule has 0 radical (unpaired) electrons. The van der Waals surface area contributed by atoms with Crippen LogP contribution in [0.15, 0.2) is 24.5 Å². The van der Waals surface area contributed by atoms with Crippen molar-refractivity contribution in [3.63, 3.8) is 0 Å². The number of carbonyl (C=O) groups is 1. The fourth-order valence-electron chi connectivity index (χ4n) is 4.89. The molecule has 32 heavy (non-hydrogen) atoms. The van der Waals surface area contributed by atoms with E-state index in [1.54, 1.807) is 4.68 Å². The normalized spacial score (nSPS) is 18.2. The number of aryl methyl sites for hydroxylation is 2. The first kappa shape index (κ1) is 19.4. The summed E-state index contributed by atoms with van der Waals surface area (Å²) in [4.78, 5) is 14.8. The first-order valence-corrected chi connectivity index (χ1v) is 11.6. The van der Waals surface area contributed by atoms with E-state index in [0.717, 1.165) is 47.6 Å². The highest BCUT2D eigenvalue weighted by Crippen LogP contribution is 2.45. The van der Waals surface area contributed by atoms with Crippen molar-refractivity contribution >= 4 is 11.5 Å². The van der Waals surface area contributed by atoms with E-state index >= 15 is 0 Å². The van der Waals surface area contributed by atoms with Crippen molar-refractivity contribution in [3.8, 4) is 11.3 Å². The van der Waals surface area contributed by atoms with Gasteiger partial charge in [0.15, 0.2) is 0 Å². The highest BCUT2D eigenvalue weighted by Gasteiger charge is 2.32. The lowest BCUT2D eigenvalue weighted by Gasteiger charge is -2.20. The van der Waals surface area contributed by atoms with Crippen LogP contribution in [0.25, 0.3) is 16.8 Å². The fraction of sp³-hybridized carbons (Fsp3) is 0.458. The van der Waals surface area contributed by atoms with Crippen molar-refractivity contribution in [2.45, 2.75) is 58.0 Å². The number of hydrogen-bond donors (Lipinski definition) is 0. The first-order valence-electron chi connectivity index (χ1n) is 11.6. The molecule has 3 aromatic heterocycles. The van der Waals surface area contributed by atoms with E-state index in [0.29, 0.717) is 25.4 Å². The van der Waals surface area contributed by atoms with Gasteiger partial charge >= 0.3 is 0 Å². The van der Waals surface area contributed by atoms with E-state index in [2.05, 4.69) is 33.6 Å². The van der Waals surface area contributed by atoms with Crippen molar-refractivity contribution in [2.75, 3.05) is 6.54 Å². The Morgan fingerprint density at radius 3 is 2.75 bits per heavy atom. The van der Waals surface area contributed by atoms with Gasteiger partial charge in [-0.2, -0.15) is 20.4 Å². The lowest BCUT2D eigenvalue weighted by Crippen LogP contribution is -2.30. The molecule has 8 nitrogen and oxygen atoms in total. The molecule has 0 N–H and O–H groups in total. The largest absolute Gasteiger partial charge is 0.337 e. The van der Waals surface area contributed by atoms with E-state index in [1.807, 2.05) is 29.7 Å². The molecule has 0 atom stereocenters. The maximum Gasteiger partial charge on any atom is 0.222 e. The molecule has 0 unspecified atom stereocenters. The minimum absolute atomic E-state index is 0.151. The third-order valence-corrected chi connectivity index (χ3v) is 6.74. The predicted molar refractivity (Wildman–Crippen MR) is 120 cm³/mol. The first-order chi connectivity index (χ1) is 15.6. The smallest absolute Gasteiger partial charge is 0.222 e. The van der Waals surface area contributed by atoms with E-state index < -0.39 is 0 Å². The summed E-state index contributed by atoms with van der Waals surface area (Å²) in [6, 6.07) is 2.15. The number of amides is 1. The van der Waals surface area contributed by atoms with Crippen LogP contribution in [0, 0.1) is 0 Å². The van der Waals surface area contributed by atoms with Crippen molar-refractivity contribution in [1.82, 2.24) is 34.7 Å². The summed E-state index contributed by atoms with van der Waals surface area (Å²) in [5, 5.41) is 18.7. The highest BCUT2D eigenvalue weighted by molar-refractivity contribution is 5.86. The van der Waals surface area contributed by atoms with Crippen LogP contribution in [-0.4, -0.2) is 47.1 Å². The summed E-state index contributed by atoms with van der Waals surface area (Å²) in [5.41, 5.74) is 8.39. The standard InChI is InChI=1S/C24H27N7O/c1-3-30-14-22-19(12-29(2)27-22)21-11-17-16(8-9-20(17)25-26-21)18-13-31(10-4-5-23(30)32)28-24(18)15-6-7-15/h8,11-13,15H,3-7,9-10,14H2,1-2H3. The van der Waals surface area contributed by atoms with Crippen LogP contribution in [0.2, 0.25) is 0 Å². The van der Waals surface area contributed by atoms with E-state index in [1.165, 1.54) is 29.7 Å². The quantitative estimate of drug-likeness (QED) is 0.625. The molecule has 4 bridgehead atoms. The number of aromatic nitrogens is 6. The van der Waals surface area contributed by atoms with Crippen LogP contribution in [0.3, 0.4) is 0 Å². The number of fused-ring (bicyclic) bond motifs is 6. The predicted octanol–water partition coefficient (Wildman–Crippen LogP) is 3.08. The van der Waals surface area contributed by atoms with Crippen LogP contribution in [0.1, 0.15) is 66.7 Å². The number of nitrogens with zero attached hydrogens (tertiary/aromatic N) is 7. The van der Waals surface area contributed by atoms with Gasteiger partial charge in [0.05, 0.1) is 29.3 Å². The van der Waals surface area contributed by atoms with E-state index in [9.17, 15) is 4.79 Å². The summed E-state index contributed by atoms with van der Waals surface area (Å²) >= 11 is 0. The van der Waals surface area contributed by atoms with Gasteiger partial charge in [-0.05, 0) is 37.8 Å². The number of carbonyl (C=O) groups excluding carboxylic acids is 1. The number of allylic oxidation sites excluding steroid dienone is 1. The molecule has 164 valence electrons. The van der Waals surface area contributed by atoms with Gasteiger partial charge in [-0.3, -0.25) is 14.2 Å². The summed E-state index contributed by atoms with van der Waals surface area (Å²) in [5.74, 6) is 0.698. The summed E-state index contributed by atoms with van der Waals surface area (Å²) in [6.45, 7) is 3.89. The van der Waals surface area contributed by atoms with Gasteiger partial charge in [0.2, 0.25) is 5.91 Å². The van der Waals surface area contributed by atoms with Gasteiger partial charge in [-0.1, -0.05) is 6.08 Å². The third-order valence-electron chi connectivity index (χ3n) is 6.74. The van der Waals surface area contributed by atoms with Crippen LogP contribution < -0.4 is 0 Å². The molecule has 0 spiro atoms. The van der Waals surface area contributed by atoms with E-state index in [-0.39, 0.29) is 5.91 Å². The number of rotatable bonds is 2. The lowest BCUT2D eigenvalue weighted by atomic mass is 9.99. The Morgan fingerprint density at radius 1 is 1.06 bits per heavy atom. The Balaban J connectivity index is 1.51. The van der Waals surface area contributed by atoms with Crippen LogP contribution >= 0.6 is 0 Å². The Kier molecular flexibility index (Phi) is 4.48. The summed E-state index contributed by atoms with van der Waals surface area (Å²) in [7, 11) is 1.91. The zero-order chi connectivity index (χ0) is 21.8. The molecule has 4 heterocycles. The maximum absolute atomic E-state index is 13.0. The minimum Gasteiger partial charge on any atom is -0.337 e. The van der Waals surface area contributed by atoms with Crippen LogP contribution in [0.5, 0.6) is 0 Å². The molecule has 1 fully saturated rings. The van der Waals surface area contributed by atoms with Gasteiger partial charge in [0, 0.05) is 68.0 Å². The topological polar surface area (TPSA) is 81.7 Å². The summed E-state index contributed by atoms with van der Waals surface area (Å²) in [6.07, 6.45) is 10.9. The zero-order valence-electron chi connectivity index (χ0n) is 18.6. The van der Waals surface area contributed by atoms with Gasteiger partial charge in [0.25, 0.3) is 0 Å². The van der Waals surface area contributed by atoms with E-state index in [4.69, 9.17) is 5.10 Å². The van der Waals surface area contributed by atoms with Crippen molar-refractivity contribution in [1.29, 1.82) is 0 Å². The second-order valence-electron chi connectivity index (χ2n) is 9.05. The molecule has 3 aliphatic rings. The highest BCUT2D eigenvalue weighted by atomic mass is 16.2. The lowest BCUT2D eigenvalue weighted by molar-refractivity contribution is -0.131. The molecule has 1 aliphatic heterocycles. The van der Waals surface area contributed by atoms with Crippen LogP contribution in [-0.2, 0) is 31.4 Å². The Bertz CT molecular complexity index is 1250. The second-order valence-corrected chi connectivity index (χ2v) is 9.05. The van der Waals surface area contributed by atoms with Gasteiger partial charge in [-0.25, -0.2) is 0 Å². The van der Waals surface area contributed by atoms with Crippen molar-refractivity contribution < 1.29 is 4.79 Å².